The number of anilines is 1. The van der Waals surface area contributed by atoms with Gasteiger partial charge in [-0.3, -0.25) is 4.99 Å². The number of para-hydroxylation sites is 2. The normalized spacial score (nSPS) is 39.0. The molecule has 1 aromatic rings. The van der Waals surface area contributed by atoms with Crippen LogP contribution in [0.15, 0.2) is 29.3 Å². The summed E-state index contributed by atoms with van der Waals surface area (Å²) in [5.41, 5.74) is 3.52. The number of hydrogen-bond acceptors (Lipinski definition) is 2. The first-order valence-corrected chi connectivity index (χ1v) is 9.13. The van der Waals surface area contributed by atoms with E-state index in [-0.39, 0.29) is 0 Å². The molecule has 0 radical (unpaired) electrons. The smallest absolute Gasteiger partial charge is 0.0864 e. The molecule has 4 aliphatic carbocycles. The maximum Gasteiger partial charge on any atom is 0.0864 e. The van der Waals surface area contributed by atoms with Crippen LogP contribution in [0.3, 0.4) is 0 Å². The van der Waals surface area contributed by atoms with Crippen LogP contribution in [0.25, 0.3) is 0 Å². The summed E-state index contributed by atoms with van der Waals surface area (Å²) in [6, 6.07) is 8.34. The molecule has 1 heterocycles. The van der Waals surface area contributed by atoms with E-state index < -0.39 is 0 Å². The van der Waals surface area contributed by atoms with Crippen molar-refractivity contribution in [1.82, 2.24) is 0 Å². The number of aliphatic imine (C=N–C) groups is 1. The molecule has 5 aliphatic rings. The van der Waals surface area contributed by atoms with Gasteiger partial charge < -0.3 is 5.32 Å². The van der Waals surface area contributed by atoms with E-state index in [2.05, 4.69) is 29.6 Å². The Kier molecular flexibility index (Phi) is 2.94. The Morgan fingerprint density at radius 3 is 2.36 bits per heavy atom. The van der Waals surface area contributed by atoms with Crippen LogP contribution in [0.5, 0.6) is 0 Å². The van der Waals surface area contributed by atoms with Crippen molar-refractivity contribution in [2.75, 3.05) is 5.32 Å². The lowest BCUT2D eigenvalue weighted by Crippen LogP contribution is -2.48. The van der Waals surface area contributed by atoms with Crippen LogP contribution in [0.4, 0.5) is 11.4 Å². The van der Waals surface area contributed by atoms with Crippen molar-refractivity contribution >= 4 is 34.3 Å². The van der Waals surface area contributed by atoms with E-state index in [1.165, 1.54) is 37.8 Å². The molecule has 22 heavy (non-hydrogen) atoms. The SMILES string of the molecule is S=C1CC(C2C3CC4CC(C3)CC2C4)=Nc2ccccc2N1. The predicted octanol–water partition coefficient (Wildman–Crippen LogP) is 4.97. The van der Waals surface area contributed by atoms with Crippen LogP contribution in [0.1, 0.15) is 38.5 Å². The Morgan fingerprint density at radius 2 is 1.64 bits per heavy atom. The van der Waals surface area contributed by atoms with Crippen molar-refractivity contribution in [3.8, 4) is 0 Å². The lowest BCUT2D eigenvalue weighted by molar-refractivity contribution is -0.00859. The number of rotatable bonds is 1. The van der Waals surface area contributed by atoms with Crippen LogP contribution in [-0.2, 0) is 0 Å². The van der Waals surface area contributed by atoms with Crippen molar-refractivity contribution in [3.63, 3.8) is 0 Å². The number of hydrogen-bond donors (Lipinski definition) is 1. The van der Waals surface area contributed by atoms with E-state index in [4.69, 9.17) is 17.2 Å². The number of fused-ring (bicyclic) bond motifs is 1. The first kappa shape index (κ1) is 13.2. The molecule has 2 nitrogen and oxygen atoms in total. The third-order valence-electron chi connectivity index (χ3n) is 6.40. The van der Waals surface area contributed by atoms with E-state index in [0.29, 0.717) is 5.92 Å². The summed E-state index contributed by atoms with van der Waals surface area (Å²) in [5.74, 6) is 4.48. The van der Waals surface area contributed by atoms with E-state index in [1.807, 2.05) is 0 Å². The molecule has 3 heteroatoms. The number of nitrogens with zero attached hydrogens (tertiary/aromatic N) is 1. The Hall–Kier alpha value is -1.22. The highest BCUT2D eigenvalue weighted by molar-refractivity contribution is 7.80. The summed E-state index contributed by atoms with van der Waals surface area (Å²) in [5, 5.41) is 3.39. The van der Waals surface area contributed by atoms with Crippen LogP contribution in [0, 0.1) is 29.6 Å². The molecule has 0 atom stereocenters. The zero-order valence-corrected chi connectivity index (χ0v) is 13.6. The summed E-state index contributed by atoms with van der Waals surface area (Å²) in [4.78, 5) is 6.04. The molecule has 6 rings (SSSR count). The number of thiocarbonyl (C=S) groups is 1. The van der Waals surface area contributed by atoms with Gasteiger partial charge >= 0.3 is 0 Å². The van der Waals surface area contributed by atoms with Gasteiger partial charge in [-0.25, -0.2) is 0 Å². The van der Waals surface area contributed by atoms with Gasteiger partial charge in [0.2, 0.25) is 0 Å². The fourth-order valence-corrected chi connectivity index (χ4v) is 6.15. The zero-order valence-electron chi connectivity index (χ0n) is 12.8. The number of benzene rings is 1. The molecule has 4 fully saturated rings. The highest BCUT2D eigenvalue weighted by atomic mass is 32.1. The second kappa shape index (κ2) is 4.89. The van der Waals surface area contributed by atoms with Crippen molar-refractivity contribution in [1.29, 1.82) is 0 Å². The summed E-state index contributed by atoms with van der Waals surface area (Å²) < 4.78 is 0. The number of nitrogens with one attached hydrogen (secondary N) is 1. The molecule has 0 unspecified atom stereocenters. The van der Waals surface area contributed by atoms with Gasteiger partial charge in [0.25, 0.3) is 0 Å². The summed E-state index contributed by atoms with van der Waals surface area (Å²) in [6.45, 7) is 0. The summed E-state index contributed by atoms with van der Waals surface area (Å²) in [6.07, 6.45) is 8.14. The Bertz CT molecular complexity index is 635. The van der Waals surface area contributed by atoms with Gasteiger partial charge in [-0.1, -0.05) is 24.4 Å². The molecule has 0 amide bonds. The monoisotopic (exact) mass is 310 g/mol. The molecule has 1 N–H and O–H groups in total. The Balaban J connectivity index is 1.54. The van der Waals surface area contributed by atoms with Crippen LogP contribution in [0.2, 0.25) is 0 Å². The molecule has 1 aromatic carbocycles. The molecule has 114 valence electrons. The van der Waals surface area contributed by atoms with Crippen molar-refractivity contribution in [2.45, 2.75) is 38.5 Å². The fourth-order valence-electron chi connectivity index (χ4n) is 5.89. The van der Waals surface area contributed by atoms with Gasteiger partial charge in [0.15, 0.2) is 0 Å². The van der Waals surface area contributed by atoms with Gasteiger partial charge in [-0.05, 0) is 67.9 Å². The maximum atomic E-state index is 5.59. The van der Waals surface area contributed by atoms with E-state index in [9.17, 15) is 0 Å². The average Bonchev–Trinajstić information content (AvgIpc) is 2.64. The molecule has 0 spiro atoms. The fraction of sp³-hybridized carbons (Fsp3) is 0.579. The van der Waals surface area contributed by atoms with Crippen LogP contribution >= 0.6 is 12.2 Å². The Morgan fingerprint density at radius 1 is 0.955 bits per heavy atom. The molecule has 4 saturated carbocycles. The highest BCUT2D eigenvalue weighted by Crippen LogP contribution is 2.57. The minimum absolute atomic E-state index is 0.693. The van der Waals surface area contributed by atoms with E-state index in [1.54, 1.807) is 0 Å². The van der Waals surface area contributed by atoms with Crippen molar-refractivity contribution in [3.05, 3.63) is 24.3 Å². The quantitative estimate of drug-likeness (QED) is 0.740. The van der Waals surface area contributed by atoms with Gasteiger partial charge in [0.05, 0.1) is 16.4 Å². The third kappa shape index (κ3) is 2.05. The van der Waals surface area contributed by atoms with E-state index in [0.717, 1.165) is 46.5 Å². The second-order valence-electron chi connectivity index (χ2n) is 7.80. The van der Waals surface area contributed by atoms with Gasteiger partial charge in [0, 0.05) is 18.1 Å². The molecular formula is C19H22N2S. The minimum atomic E-state index is 0.693. The zero-order chi connectivity index (χ0) is 14.7. The lowest BCUT2D eigenvalue weighted by Gasteiger charge is -2.54. The molecule has 4 bridgehead atoms. The van der Waals surface area contributed by atoms with Crippen LogP contribution in [-0.4, -0.2) is 10.7 Å². The van der Waals surface area contributed by atoms with Crippen LogP contribution < -0.4 is 5.32 Å². The standard InChI is InChI=1S/C19H22N2S/c22-18-10-17(20-15-3-1-2-4-16(15)21-18)19-13-6-11-5-12(8-13)9-14(19)7-11/h1-4,11-14,19H,5-10H2,(H,21,22). The maximum absolute atomic E-state index is 5.59. The van der Waals surface area contributed by atoms with Gasteiger partial charge in [-0.15, -0.1) is 0 Å². The molecule has 1 aliphatic heterocycles. The third-order valence-corrected chi connectivity index (χ3v) is 6.64. The first-order chi connectivity index (χ1) is 10.8. The lowest BCUT2D eigenvalue weighted by atomic mass is 9.51. The molecule has 0 aromatic heterocycles. The summed E-state index contributed by atoms with van der Waals surface area (Å²) in [7, 11) is 0. The van der Waals surface area contributed by atoms with Crippen molar-refractivity contribution < 1.29 is 0 Å². The minimum Gasteiger partial charge on any atom is -0.348 e. The largest absolute Gasteiger partial charge is 0.348 e. The summed E-state index contributed by atoms with van der Waals surface area (Å²) >= 11 is 5.59. The molecule has 0 saturated heterocycles. The first-order valence-electron chi connectivity index (χ1n) is 8.72. The Labute approximate surface area is 137 Å². The van der Waals surface area contributed by atoms with Gasteiger partial charge in [0.1, 0.15) is 0 Å². The second-order valence-corrected chi connectivity index (χ2v) is 8.29. The van der Waals surface area contributed by atoms with E-state index >= 15 is 0 Å². The average molecular weight is 310 g/mol. The topological polar surface area (TPSA) is 24.4 Å². The highest BCUT2D eigenvalue weighted by Gasteiger charge is 2.49. The predicted molar refractivity (Wildman–Crippen MR) is 94.9 cm³/mol. The van der Waals surface area contributed by atoms with Gasteiger partial charge in [-0.2, -0.15) is 0 Å². The van der Waals surface area contributed by atoms with Crippen molar-refractivity contribution in [2.24, 2.45) is 34.6 Å². The molecular weight excluding hydrogens is 288 g/mol.